The molecule has 0 bridgehead atoms. The maximum Gasteiger partial charge on any atom is 0.229 e. The summed E-state index contributed by atoms with van der Waals surface area (Å²) in [6.45, 7) is 5.51. The van der Waals surface area contributed by atoms with Crippen molar-refractivity contribution >= 4 is 5.82 Å². The van der Waals surface area contributed by atoms with E-state index in [-0.39, 0.29) is 0 Å². The van der Waals surface area contributed by atoms with Crippen LogP contribution in [-0.4, -0.2) is 50.5 Å². The monoisotopic (exact) mass is 319 g/mol. The molecule has 3 heterocycles. The van der Waals surface area contributed by atoms with Crippen molar-refractivity contribution < 1.29 is 14.4 Å². The van der Waals surface area contributed by atoms with Crippen LogP contribution in [0.5, 0.6) is 5.88 Å². The van der Waals surface area contributed by atoms with Crippen LogP contribution in [0.2, 0.25) is 0 Å². The lowest BCUT2D eigenvalue weighted by Crippen LogP contribution is -2.50. The van der Waals surface area contributed by atoms with Crippen LogP contribution in [0.3, 0.4) is 0 Å². The fourth-order valence-corrected chi connectivity index (χ4v) is 2.88. The molecule has 3 rings (SSSR count). The second-order valence-corrected chi connectivity index (χ2v) is 5.81. The fourth-order valence-electron chi connectivity index (χ4n) is 2.88. The van der Waals surface area contributed by atoms with Crippen LogP contribution < -0.4 is 9.64 Å². The Hall–Kier alpha value is -2.22. The molecule has 2 aromatic rings. The predicted octanol–water partition coefficient (Wildman–Crippen LogP) is 1.14. The summed E-state index contributed by atoms with van der Waals surface area (Å²) >= 11 is 0. The van der Waals surface area contributed by atoms with Gasteiger partial charge < -0.3 is 19.3 Å². The van der Waals surface area contributed by atoms with E-state index in [4.69, 9.17) is 9.26 Å². The maximum atomic E-state index is 10.9. The number of anilines is 1. The Kier molecular flexibility index (Phi) is 4.42. The van der Waals surface area contributed by atoms with Crippen LogP contribution in [0.4, 0.5) is 5.82 Å². The Bertz CT molecular complexity index is 662. The number of aromatic nitrogens is 4. The number of β-amino-alcohol motifs (C(OH)–C–C–N with tert-alkyl or cyclic N) is 1. The van der Waals surface area contributed by atoms with Gasteiger partial charge in [0.1, 0.15) is 12.1 Å². The van der Waals surface area contributed by atoms with Crippen molar-refractivity contribution in [1.82, 2.24) is 20.1 Å². The van der Waals surface area contributed by atoms with Gasteiger partial charge in [-0.15, -0.1) is 0 Å². The molecule has 8 nitrogen and oxygen atoms in total. The third-order valence-electron chi connectivity index (χ3n) is 3.85. The van der Waals surface area contributed by atoms with Gasteiger partial charge in [0.05, 0.1) is 18.6 Å². The van der Waals surface area contributed by atoms with Gasteiger partial charge in [-0.3, -0.25) is 0 Å². The van der Waals surface area contributed by atoms with Crippen LogP contribution in [0, 0.1) is 6.92 Å². The molecule has 0 radical (unpaired) electrons. The van der Waals surface area contributed by atoms with E-state index in [0.717, 1.165) is 18.8 Å². The van der Waals surface area contributed by atoms with E-state index in [2.05, 4.69) is 20.1 Å². The lowest BCUT2D eigenvalue weighted by atomic mass is 9.89. The first kappa shape index (κ1) is 15.7. The van der Waals surface area contributed by atoms with E-state index in [1.165, 1.54) is 6.33 Å². The molecule has 2 aromatic heterocycles. The molecule has 0 aromatic carbocycles. The van der Waals surface area contributed by atoms with Crippen molar-refractivity contribution in [3.8, 4) is 5.88 Å². The number of aryl methyl sites for hydroxylation is 1. The van der Waals surface area contributed by atoms with Gasteiger partial charge in [0.2, 0.25) is 11.8 Å². The van der Waals surface area contributed by atoms with Crippen molar-refractivity contribution in [2.75, 3.05) is 24.6 Å². The Balaban J connectivity index is 1.73. The van der Waals surface area contributed by atoms with E-state index in [1.54, 1.807) is 13.0 Å². The summed E-state index contributed by atoms with van der Waals surface area (Å²) in [6, 6.07) is 1.80. The van der Waals surface area contributed by atoms with Crippen LogP contribution in [0.15, 0.2) is 16.9 Å². The van der Waals surface area contributed by atoms with E-state index < -0.39 is 5.60 Å². The standard InChI is InChI=1S/C15H21N5O3/c1-3-22-13-7-12(16-10-17-13)20-6-4-5-15(21,9-20)8-14-18-11(2)19-23-14/h7,10,21H,3-6,8-9H2,1-2H3. The number of nitrogens with zero attached hydrogens (tertiary/aromatic N) is 5. The molecule has 1 atom stereocenters. The van der Waals surface area contributed by atoms with Crippen LogP contribution >= 0.6 is 0 Å². The Morgan fingerprint density at radius 1 is 1.43 bits per heavy atom. The molecule has 0 saturated carbocycles. The molecule has 0 spiro atoms. The third-order valence-corrected chi connectivity index (χ3v) is 3.85. The van der Waals surface area contributed by atoms with Gasteiger partial charge in [0, 0.05) is 19.2 Å². The lowest BCUT2D eigenvalue weighted by Gasteiger charge is -2.39. The first-order chi connectivity index (χ1) is 11.1. The topological polar surface area (TPSA) is 97.4 Å². The van der Waals surface area contributed by atoms with E-state index in [1.807, 2.05) is 11.8 Å². The summed E-state index contributed by atoms with van der Waals surface area (Å²) in [5.74, 6) is 2.33. The highest BCUT2D eigenvalue weighted by Gasteiger charge is 2.36. The lowest BCUT2D eigenvalue weighted by molar-refractivity contribution is 0.0191. The summed E-state index contributed by atoms with van der Waals surface area (Å²) in [5.41, 5.74) is -0.909. The molecule has 8 heteroatoms. The normalized spacial score (nSPS) is 21.4. The second-order valence-electron chi connectivity index (χ2n) is 5.81. The quantitative estimate of drug-likeness (QED) is 0.876. The van der Waals surface area contributed by atoms with Crippen LogP contribution in [0.1, 0.15) is 31.5 Å². The minimum atomic E-state index is -0.909. The average Bonchev–Trinajstić information content (AvgIpc) is 2.92. The van der Waals surface area contributed by atoms with E-state index >= 15 is 0 Å². The zero-order valence-corrected chi connectivity index (χ0v) is 13.4. The molecule has 1 saturated heterocycles. The van der Waals surface area contributed by atoms with Crippen molar-refractivity contribution in [2.45, 2.75) is 38.7 Å². The van der Waals surface area contributed by atoms with Gasteiger partial charge in [0.15, 0.2) is 5.82 Å². The van der Waals surface area contributed by atoms with Gasteiger partial charge in [-0.05, 0) is 26.7 Å². The Morgan fingerprint density at radius 3 is 3.04 bits per heavy atom. The first-order valence-corrected chi connectivity index (χ1v) is 7.79. The fraction of sp³-hybridized carbons (Fsp3) is 0.600. The highest BCUT2D eigenvalue weighted by Crippen LogP contribution is 2.28. The summed E-state index contributed by atoms with van der Waals surface area (Å²) < 4.78 is 10.6. The van der Waals surface area contributed by atoms with Gasteiger partial charge in [0.25, 0.3) is 0 Å². The Morgan fingerprint density at radius 2 is 2.30 bits per heavy atom. The van der Waals surface area contributed by atoms with Crippen LogP contribution in [0.25, 0.3) is 0 Å². The molecular weight excluding hydrogens is 298 g/mol. The highest BCUT2D eigenvalue weighted by molar-refractivity contribution is 5.42. The molecule has 1 unspecified atom stereocenters. The SMILES string of the molecule is CCOc1cc(N2CCCC(O)(Cc3nc(C)no3)C2)ncn1. The molecule has 1 N–H and O–H groups in total. The largest absolute Gasteiger partial charge is 0.478 e. The first-order valence-electron chi connectivity index (χ1n) is 7.79. The molecule has 1 aliphatic heterocycles. The summed E-state index contributed by atoms with van der Waals surface area (Å²) in [7, 11) is 0. The summed E-state index contributed by atoms with van der Waals surface area (Å²) in [4.78, 5) is 14.6. The van der Waals surface area contributed by atoms with Crippen molar-refractivity contribution in [3.05, 3.63) is 24.1 Å². The second kappa shape index (κ2) is 6.49. The third kappa shape index (κ3) is 3.76. The van der Waals surface area contributed by atoms with Crippen molar-refractivity contribution in [2.24, 2.45) is 0 Å². The molecule has 0 aliphatic carbocycles. The van der Waals surface area contributed by atoms with Gasteiger partial charge in [-0.25, -0.2) is 9.97 Å². The zero-order valence-electron chi connectivity index (χ0n) is 13.4. The number of hydrogen-bond donors (Lipinski definition) is 1. The number of rotatable bonds is 5. The van der Waals surface area contributed by atoms with E-state index in [9.17, 15) is 5.11 Å². The summed E-state index contributed by atoms with van der Waals surface area (Å²) in [5, 5.41) is 14.7. The smallest absolute Gasteiger partial charge is 0.229 e. The molecule has 1 fully saturated rings. The van der Waals surface area contributed by atoms with E-state index in [0.29, 0.717) is 43.6 Å². The Labute approximate surface area is 134 Å². The van der Waals surface area contributed by atoms with Crippen molar-refractivity contribution in [3.63, 3.8) is 0 Å². The minimum Gasteiger partial charge on any atom is -0.478 e. The molecular formula is C15H21N5O3. The van der Waals surface area contributed by atoms with Gasteiger partial charge in [-0.2, -0.15) is 4.98 Å². The van der Waals surface area contributed by atoms with Gasteiger partial charge in [-0.1, -0.05) is 5.16 Å². The zero-order chi connectivity index (χ0) is 16.3. The highest BCUT2D eigenvalue weighted by atomic mass is 16.5. The van der Waals surface area contributed by atoms with Crippen LogP contribution in [-0.2, 0) is 6.42 Å². The number of hydrogen-bond acceptors (Lipinski definition) is 8. The predicted molar refractivity (Wildman–Crippen MR) is 82.3 cm³/mol. The summed E-state index contributed by atoms with van der Waals surface area (Å²) in [6.07, 6.45) is 3.37. The maximum absolute atomic E-state index is 10.9. The number of ether oxygens (including phenoxy) is 1. The van der Waals surface area contributed by atoms with Gasteiger partial charge >= 0.3 is 0 Å². The molecule has 0 amide bonds. The molecule has 23 heavy (non-hydrogen) atoms. The number of aliphatic hydroxyl groups is 1. The average molecular weight is 319 g/mol. The number of piperidine rings is 1. The van der Waals surface area contributed by atoms with Crippen molar-refractivity contribution in [1.29, 1.82) is 0 Å². The minimum absolute atomic E-state index is 0.341. The molecule has 124 valence electrons. The molecule has 1 aliphatic rings.